The van der Waals surface area contributed by atoms with Gasteiger partial charge >= 0.3 is 5.97 Å². The third-order valence-electron chi connectivity index (χ3n) is 4.27. The van der Waals surface area contributed by atoms with E-state index in [0.717, 1.165) is 14.9 Å². The molecule has 28 heavy (non-hydrogen) atoms. The number of benzene rings is 2. The lowest BCUT2D eigenvalue weighted by Crippen LogP contribution is -2.05. The van der Waals surface area contributed by atoms with Crippen LogP contribution in [0, 0.1) is 3.57 Å². The van der Waals surface area contributed by atoms with Crippen LogP contribution in [0.15, 0.2) is 69.7 Å². The number of furan rings is 1. The quantitative estimate of drug-likeness (QED) is 0.308. The number of carbonyl (C=O) groups excluding carboxylic acids is 1. The fourth-order valence-corrected chi connectivity index (χ4v) is 3.26. The molecule has 0 radical (unpaired) electrons. The minimum absolute atomic E-state index is 0.177. The van der Waals surface area contributed by atoms with Gasteiger partial charge in [0.25, 0.3) is 0 Å². The molecule has 6 nitrogen and oxygen atoms in total. The number of rotatable bonds is 3. The van der Waals surface area contributed by atoms with Crippen molar-refractivity contribution in [1.29, 1.82) is 0 Å². The molecular weight excluding hydrogens is 473 g/mol. The number of ether oxygens (including phenoxy) is 3. The Balaban J connectivity index is 1.42. The number of esters is 1. The zero-order valence-electron chi connectivity index (χ0n) is 14.3. The maximum atomic E-state index is 12.2. The molecule has 2 aliphatic heterocycles. The number of hydrogen-bond acceptors (Lipinski definition) is 6. The lowest BCUT2D eigenvalue weighted by molar-refractivity contribution is -0.129. The van der Waals surface area contributed by atoms with E-state index in [-0.39, 0.29) is 18.4 Å². The molecule has 0 aliphatic carbocycles. The van der Waals surface area contributed by atoms with Crippen LogP contribution in [0.2, 0.25) is 0 Å². The van der Waals surface area contributed by atoms with Gasteiger partial charge in [0.1, 0.15) is 11.5 Å². The molecule has 0 fully saturated rings. The smallest absolute Gasteiger partial charge is 0.363 e. The minimum atomic E-state index is -0.528. The largest absolute Gasteiger partial charge is 0.457 e. The molecule has 0 N–H and O–H groups in total. The van der Waals surface area contributed by atoms with Gasteiger partial charge < -0.3 is 18.6 Å². The topological polar surface area (TPSA) is 70.3 Å². The number of hydrogen-bond donors (Lipinski definition) is 0. The Hall–Kier alpha value is -3.07. The van der Waals surface area contributed by atoms with Crippen LogP contribution in [0.1, 0.15) is 11.3 Å². The zero-order valence-corrected chi connectivity index (χ0v) is 16.5. The van der Waals surface area contributed by atoms with Crippen molar-refractivity contribution < 1.29 is 23.4 Å². The number of carbonyl (C=O) groups is 1. The maximum Gasteiger partial charge on any atom is 0.363 e. The summed E-state index contributed by atoms with van der Waals surface area (Å²) in [7, 11) is 0. The van der Waals surface area contributed by atoms with Gasteiger partial charge in [0, 0.05) is 20.8 Å². The van der Waals surface area contributed by atoms with Crippen molar-refractivity contribution in [2.45, 2.75) is 0 Å². The molecule has 0 atom stereocenters. The van der Waals surface area contributed by atoms with Gasteiger partial charge in [-0.25, -0.2) is 9.79 Å². The summed E-state index contributed by atoms with van der Waals surface area (Å²) in [5.41, 5.74) is 1.78. The van der Waals surface area contributed by atoms with Crippen molar-refractivity contribution in [2.24, 2.45) is 4.99 Å². The molecule has 0 unspecified atom stereocenters. The van der Waals surface area contributed by atoms with Crippen LogP contribution in [0.3, 0.4) is 0 Å². The summed E-state index contributed by atoms with van der Waals surface area (Å²) in [5, 5.41) is 0. The van der Waals surface area contributed by atoms with Gasteiger partial charge in [-0.15, -0.1) is 0 Å². The molecule has 3 aromatic rings. The molecule has 0 bridgehead atoms. The fraction of sp³-hybridized carbons (Fsp3) is 0.0476. The predicted molar refractivity (Wildman–Crippen MR) is 110 cm³/mol. The van der Waals surface area contributed by atoms with E-state index in [9.17, 15) is 4.79 Å². The maximum absolute atomic E-state index is 12.2. The van der Waals surface area contributed by atoms with Gasteiger partial charge in [-0.1, -0.05) is 12.1 Å². The highest BCUT2D eigenvalue weighted by Gasteiger charge is 2.26. The Kier molecular flexibility index (Phi) is 4.16. The lowest BCUT2D eigenvalue weighted by Gasteiger charge is -2.01. The van der Waals surface area contributed by atoms with Crippen LogP contribution in [-0.4, -0.2) is 18.7 Å². The van der Waals surface area contributed by atoms with Crippen molar-refractivity contribution in [1.82, 2.24) is 0 Å². The van der Waals surface area contributed by atoms with Gasteiger partial charge in [-0.05, 0) is 65.1 Å². The zero-order chi connectivity index (χ0) is 19.1. The Morgan fingerprint density at radius 3 is 2.57 bits per heavy atom. The normalized spacial score (nSPS) is 16.4. The van der Waals surface area contributed by atoms with Crippen LogP contribution < -0.4 is 9.47 Å². The second-order valence-corrected chi connectivity index (χ2v) is 7.36. The van der Waals surface area contributed by atoms with Gasteiger partial charge in [0.2, 0.25) is 12.7 Å². The molecule has 3 heterocycles. The molecule has 2 aliphatic rings. The highest BCUT2D eigenvalue weighted by molar-refractivity contribution is 14.1. The third kappa shape index (κ3) is 3.18. The van der Waals surface area contributed by atoms with Crippen LogP contribution in [0.25, 0.3) is 17.4 Å². The second kappa shape index (κ2) is 6.83. The summed E-state index contributed by atoms with van der Waals surface area (Å²) in [6.07, 6.45) is 1.57. The summed E-state index contributed by atoms with van der Waals surface area (Å²) in [4.78, 5) is 16.5. The second-order valence-electron chi connectivity index (χ2n) is 6.11. The van der Waals surface area contributed by atoms with Crippen molar-refractivity contribution in [3.05, 3.63) is 75.2 Å². The van der Waals surface area contributed by atoms with Gasteiger partial charge in [-0.3, -0.25) is 0 Å². The van der Waals surface area contributed by atoms with E-state index < -0.39 is 5.97 Å². The molecule has 1 aromatic heterocycles. The molecule has 7 heteroatoms. The highest BCUT2D eigenvalue weighted by Crippen LogP contribution is 2.33. The summed E-state index contributed by atoms with van der Waals surface area (Å²) >= 11 is 2.25. The van der Waals surface area contributed by atoms with Crippen LogP contribution >= 0.6 is 22.6 Å². The molecule has 0 amide bonds. The first-order valence-corrected chi connectivity index (χ1v) is 9.52. The third-order valence-corrected chi connectivity index (χ3v) is 4.99. The van der Waals surface area contributed by atoms with Crippen molar-refractivity contribution >= 4 is 40.5 Å². The molecule has 0 spiro atoms. The van der Waals surface area contributed by atoms with E-state index in [1.165, 1.54) is 0 Å². The Morgan fingerprint density at radius 1 is 0.929 bits per heavy atom. The minimum Gasteiger partial charge on any atom is -0.457 e. The van der Waals surface area contributed by atoms with E-state index >= 15 is 0 Å². The van der Waals surface area contributed by atoms with E-state index in [4.69, 9.17) is 18.6 Å². The van der Waals surface area contributed by atoms with Crippen LogP contribution in [0.4, 0.5) is 0 Å². The monoisotopic (exact) mass is 485 g/mol. The van der Waals surface area contributed by atoms with Crippen LogP contribution in [-0.2, 0) is 9.53 Å². The van der Waals surface area contributed by atoms with Crippen molar-refractivity contribution in [3.63, 3.8) is 0 Å². The molecule has 2 aromatic carbocycles. The lowest BCUT2D eigenvalue weighted by atomic mass is 10.2. The average molecular weight is 485 g/mol. The van der Waals surface area contributed by atoms with Crippen LogP contribution in [0.5, 0.6) is 11.5 Å². The first kappa shape index (κ1) is 17.1. The number of cyclic esters (lactones) is 1. The first-order chi connectivity index (χ1) is 13.7. The summed E-state index contributed by atoms with van der Waals surface area (Å²) < 4.78 is 22.9. The number of halogens is 1. The van der Waals surface area contributed by atoms with Crippen molar-refractivity contribution in [3.8, 4) is 22.8 Å². The van der Waals surface area contributed by atoms with E-state index in [2.05, 4.69) is 27.6 Å². The number of fused-ring (bicyclic) bond motifs is 1. The van der Waals surface area contributed by atoms with Gasteiger partial charge in [0.15, 0.2) is 17.2 Å². The molecule has 5 rings (SSSR count). The predicted octanol–water partition coefficient (Wildman–Crippen LogP) is 4.62. The number of aliphatic imine (C=N–C) groups is 1. The first-order valence-electron chi connectivity index (χ1n) is 8.44. The molecular formula is C21H12INO5. The Bertz CT molecular complexity index is 1140. The number of nitrogens with zero attached hydrogens (tertiary/aromatic N) is 1. The van der Waals surface area contributed by atoms with Gasteiger partial charge in [-0.2, -0.15) is 0 Å². The average Bonchev–Trinajstić information content (AvgIpc) is 3.43. The van der Waals surface area contributed by atoms with Gasteiger partial charge in [0.05, 0.1) is 0 Å². The van der Waals surface area contributed by atoms with E-state index in [0.29, 0.717) is 22.8 Å². The Labute approximate surface area is 173 Å². The van der Waals surface area contributed by atoms with Crippen molar-refractivity contribution in [2.75, 3.05) is 6.79 Å². The molecule has 138 valence electrons. The highest BCUT2D eigenvalue weighted by atomic mass is 127. The standard InChI is InChI=1S/C21H12INO5/c22-14-4-1-12(2-5-14)17-8-6-15(27-17)10-16-21(24)28-20(23-16)13-3-7-18-19(9-13)26-11-25-18/h1-10H,11H2/b16-10-. The summed E-state index contributed by atoms with van der Waals surface area (Å²) in [5.74, 6) is 2.19. The molecule has 0 saturated carbocycles. The summed E-state index contributed by atoms with van der Waals surface area (Å²) in [6.45, 7) is 0.178. The van der Waals surface area contributed by atoms with E-state index in [1.54, 1.807) is 30.3 Å². The summed E-state index contributed by atoms with van der Waals surface area (Å²) in [6, 6.07) is 16.9. The molecule has 0 saturated heterocycles. The van der Waals surface area contributed by atoms with E-state index in [1.807, 2.05) is 30.3 Å². The fourth-order valence-electron chi connectivity index (χ4n) is 2.90. The Morgan fingerprint density at radius 2 is 1.71 bits per heavy atom. The SMILES string of the molecule is O=C1OC(c2ccc3c(c2)OCO3)=N/C1=C\c1ccc(-c2ccc(I)cc2)o1.